The largest absolute Gasteiger partial charge is 0.489 e. The Hall–Kier alpha value is -3.45. The minimum absolute atomic E-state index is 0.144. The van der Waals surface area contributed by atoms with E-state index in [0.717, 1.165) is 16.5 Å². The summed E-state index contributed by atoms with van der Waals surface area (Å²) in [5, 5.41) is 3.94. The van der Waals surface area contributed by atoms with Crippen LogP contribution in [0.3, 0.4) is 0 Å². The molecule has 0 aliphatic heterocycles. The smallest absolute Gasteiger partial charge is 0.177 e. The Balaban J connectivity index is 1.66. The van der Waals surface area contributed by atoms with E-state index in [1.54, 1.807) is 12.1 Å². The van der Waals surface area contributed by atoms with Crippen molar-refractivity contribution in [2.45, 2.75) is 11.5 Å². The summed E-state index contributed by atoms with van der Waals surface area (Å²) in [6.45, 7) is 0.355. The Labute approximate surface area is 169 Å². The van der Waals surface area contributed by atoms with E-state index in [0.29, 0.717) is 23.9 Å². The van der Waals surface area contributed by atoms with Crippen molar-refractivity contribution >= 4 is 32.2 Å². The van der Waals surface area contributed by atoms with Crippen molar-refractivity contribution < 1.29 is 13.2 Å². The standard InChI is InChI=1S/C22H19N3O3S/c1-29(26,27)21-13-17(28-14-16-7-3-2-4-8-16)11-12-20(21)25-22-18-9-5-6-10-19(18)23-15-24-22/h2-13,15H,14H2,1H3,(H,23,24,25). The zero-order chi connectivity index (χ0) is 20.3. The molecular formula is C22H19N3O3S. The number of benzene rings is 3. The second kappa shape index (κ2) is 7.89. The molecule has 7 heteroatoms. The van der Waals surface area contributed by atoms with Crippen molar-refractivity contribution in [3.8, 4) is 5.75 Å². The second-order valence-corrected chi connectivity index (χ2v) is 8.55. The summed E-state index contributed by atoms with van der Waals surface area (Å²) >= 11 is 0. The van der Waals surface area contributed by atoms with Gasteiger partial charge >= 0.3 is 0 Å². The first-order chi connectivity index (χ1) is 14.0. The first kappa shape index (κ1) is 18.9. The molecule has 0 bridgehead atoms. The van der Waals surface area contributed by atoms with Crippen LogP contribution in [0.1, 0.15) is 5.56 Å². The van der Waals surface area contributed by atoms with Gasteiger partial charge in [-0.3, -0.25) is 0 Å². The molecule has 29 heavy (non-hydrogen) atoms. The van der Waals surface area contributed by atoms with E-state index in [-0.39, 0.29) is 4.90 Å². The average molecular weight is 405 g/mol. The lowest BCUT2D eigenvalue weighted by Crippen LogP contribution is -2.05. The molecule has 0 saturated heterocycles. The normalized spacial score (nSPS) is 11.3. The van der Waals surface area contributed by atoms with Crippen molar-refractivity contribution in [1.82, 2.24) is 9.97 Å². The Morgan fingerprint density at radius 2 is 1.69 bits per heavy atom. The van der Waals surface area contributed by atoms with Crippen LogP contribution < -0.4 is 10.1 Å². The molecule has 146 valence electrons. The van der Waals surface area contributed by atoms with Gasteiger partial charge in [0.05, 0.1) is 16.1 Å². The van der Waals surface area contributed by atoms with Gasteiger partial charge < -0.3 is 10.1 Å². The van der Waals surface area contributed by atoms with Crippen LogP contribution in [-0.2, 0) is 16.4 Å². The van der Waals surface area contributed by atoms with E-state index in [1.165, 1.54) is 18.6 Å². The van der Waals surface area contributed by atoms with Crippen molar-refractivity contribution in [2.24, 2.45) is 0 Å². The molecule has 0 radical (unpaired) electrons. The summed E-state index contributed by atoms with van der Waals surface area (Å²) in [6.07, 6.45) is 2.62. The fourth-order valence-electron chi connectivity index (χ4n) is 2.98. The first-order valence-electron chi connectivity index (χ1n) is 8.98. The van der Waals surface area contributed by atoms with Gasteiger partial charge in [-0.1, -0.05) is 42.5 Å². The van der Waals surface area contributed by atoms with Crippen LogP contribution in [0.5, 0.6) is 5.75 Å². The van der Waals surface area contributed by atoms with Gasteiger partial charge in [-0.15, -0.1) is 0 Å². The van der Waals surface area contributed by atoms with E-state index in [9.17, 15) is 8.42 Å². The summed E-state index contributed by atoms with van der Waals surface area (Å²) in [4.78, 5) is 8.65. The lowest BCUT2D eigenvalue weighted by atomic mass is 10.2. The lowest BCUT2D eigenvalue weighted by Gasteiger charge is -2.14. The zero-order valence-corrected chi connectivity index (χ0v) is 16.6. The van der Waals surface area contributed by atoms with E-state index in [4.69, 9.17) is 4.74 Å². The minimum atomic E-state index is -3.50. The minimum Gasteiger partial charge on any atom is -0.489 e. The number of rotatable bonds is 6. The third kappa shape index (κ3) is 4.35. The third-order valence-electron chi connectivity index (χ3n) is 4.40. The molecule has 4 rings (SSSR count). The van der Waals surface area contributed by atoms with Crippen LogP contribution in [0.2, 0.25) is 0 Å². The number of anilines is 2. The lowest BCUT2D eigenvalue weighted by molar-refractivity contribution is 0.305. The number of para-hydroxylation sites is 1. The fourth-order valence-corrected chi connectivity index (χ4v) is 3.82. The maximum atomic E-state index is 12.4. The van der Waals surface area contributed by atoms with Crippen LogP contribution in [0, 0.1) is 0 Å². The molecular weight excluding hydrogens is 386 g/mol. The summed E-state index contributed by atoms with van der Waals surface area (Å²) in [5.74, 6) is 1.02. The molecule has 6 nitrogen and oxygen atoms in total. The number of aromatic nitrogens is 2. The molecule has 0 saturated carbocycles. The quantitative estimate of drug-likeness (QED) is 0.513. The number of nitrogens with zero attached hydrogens (tertiary/aromatic N) is 2. The topological polar surface area (TPSA) is 81.2 Å². The molecule has 4 aromatic rings. The number of sulfone groups is 1. The number of hydrogen-bond donors (Lipinski definition) is 1. The van der Waals surface area contributed by atoms with Crippen LogP contribution in [-0.4, -0.2) is 24.6 Å². The molecule has 0 atom stereocenters. The third-order valence-corrected chi connectivity index (χ3v) is 5.53. The molecule has 0 amide bonds. The average Bonchev–Trinajstić information content (AvgIpc) is 2.73. The van der Waals surface area contributed by atoms with Gasteiger partial charge in [0.15, 0.2) is 9.84 Å². The van der Waals surface area contributed by atoms with Gasteiger partial charge in [-0.25, -0.2) is 18.4 Å². The molecule has 1 heterocycles. The summed E-state index contributed by atoms with van der Waals surface area (Å²) in [7, 11) is -3.50. The zero-order valence-electron chi connectivity index (χ0n) is 15.7. The summed E-state index contributed by atoms with van der Waals surface area (Å²) < 4.78 is 30.6. The monoisotopic (exact) mass is 405 g/mol. The van der Waals surface area contributed by atoms with Gasteiger partial charge in [0.1, 0.15) is 24.5 Å². The number of hydrogen-bond acceptors (Lipinski definition) is 6. The highest BCUT2D eigenvalue weighted by Gasteiger charge is 2.16. The summed E-state index contributed by atoms with van der Waals surface area (Å²) in [5.41, 5.74) is 2.21. The van der Waals surface area contributed by atoms with Gasteiger partial charge in [0.2, 0.25) is 0 Å². The molecule has 0 unspecified atom stereocenters. The van der Waals surface area contributed by atoms with Crippen molar-refractivity contribution in [3.63, 3.8) is 0 Å². The maximum Gasteiger partial charge on any atom is 0.177 e. The first-order valence-corrected chi connectivity index (χ1v) is 10.9. The van der Waals surface area contributed by atoms with Gasteiger partial charge in [-0.05, 0) is 29.8 Å². The molecule has 0 aliphatic carbocycles. The predicted octanol–water partition coefficient (Wildman–Crippen LogP) is 4.36. The van der Waals surface area contributed by atoms with Gasteiger partial charge in [0, 0.05) is 17.7 Å². The van der Waals surface area contributed by atoms with Crippen molar-refractivity contribution in [2.75, 3.05) is 11.6 Å². The number of ether oxygens (including phenoxy) is 1. The maximum absolute atomic E-state index is 12.4. The molecule has 1 N–H and O–H groups in total. The van der Waals surface area contributed by atoms with Crippen molar-refractivity contribution in [1.29, 1.82) is 0 Å². The van der Waals surface area contributed by atoms with Gasteiger partial charge in [-0.2, -0.15) is 0 Å². The van der Waals surface area contributed by atoms with E-state index in [1.807, 2.05) is 54.6 Å². The Morgan fingerprint density at radius 1 is 0.931 bits per heavy atom. The van der Waals surface area contributed by atoms with Crippen LogP contribution in [0.25, 0.3) is 10.9 Å². The molecule has 0 aliphatic rings. The second-order valence-electron chi connectivity index (χ2n) is 6.57. The number of fused-ring (bicyclic) bond motifs is 1. The van der Waals surface area contributed by atoms with Crippen LogP contribution in [0.15, 0.2) is 84.0 Å². The Bertz CT molecular complexity index is 1250. The number of nitrogens with one attached hydrogen (secondary N) is 1. The molecule has 1 aromatic heterocycles. The van der Waals surface area contributed by atoms with Crippen LogP contribution in [0.4, 0.5) is 11.5 Å². The highest BCUT2D eigenvalue weighted by molar-refractivity contribution is 7.90. The highest BCUT2D eigenvalue weighted by atomic mass is 32.2. The van der Waals surface area contributed by atoms with Gasteiger partial charge in [0.25, 0.3) is 0 Å². The predicted molar refractivity (Wildman–Crippen MR) is 113 cm³/mol. The van der Waals surface area contributed by atoms with Crippen LogP contribution >= 0.6 is 0 Å². The highest BCUT2D eigenvalue weighted by Crippen LogP contribution is 2.31. The van der Waals surface area contributed by atoms with E-state index in [2.05, 4.69) is 15.3 Å². The molecule has 0 fully saturated rings. The molecule has 3 aromatic carbocycles. The Kier molecular flexibility index (Phi) is 5.14. The fraction of sp³-hybridized carbons (Fsp3) is 0.0909. The van der Waals surface area contributed by atoms with E-state index >= 15 is 0 Å². The Morgan fingerprint density at radius 3 is 2.48 bits per heavy atom. The van der Waals surface area contributed by atoms with Crippen molar-refractivity contribution in [3.05, 3.63) is 84.7 Å². The molecule has 0 spiro atoms. The van der Waals surface area contributed by atoms with E-state index < -0.39 is 9.84 Å². The SMILES string of the molecule is CS(=O)(=O)c1cc(OCc2ccccc2)ccc1Nc1ncnc2ccccc12. The summed E-state index contributed by atoms with van der Waals surface area (Å²) in [6, 6.07) is 22.2.